The standard InChI is InChI=1S/C22H23F6N5O2/c1-11(29)15-9-14(5-7-30-15)31-20(34)18-16(21(23,24)25)17(12-3-4-12)32-33(18,2)10-13-6-8-35-19(13)22(26,27)28/h5,7,9,12-13,19H,1,3-4,6,8,10,29H2,2H3/p+1. The van der Waals surface area contributed by atoms with E-state index in [-0.39, 0.29) is 35.8 Å². The van der Waals surface area contributed by atoms with Crippen LogP contribution in [0.4, 0.5) is 32.0 Å². The monoisotopic (exact) mass is 504 g/mol. The predicted octanol–water partition coefficient (Wildman–Crippen LogP) is 3.96. The number of alkyl halides is 6. The van der Waals surface area contributed by atoms with Crippen molar-refractivity contribution in [2.45, 2.75) is 37.7 Å². The van der Waals surface area contributed by atoms with Gasteiger partial charge in [0.2, 0.25) is 5.70 Å². The molecule has 1 aliphatic carbocycles. The highest BCUT2D eigenvalue weighted by Crippen LogP contribution is 2.47. The van der Waals surface area contributed by atoms with Gasteiger partial charge in [-0.05, 0) is 31.4 Å². The molecule has 3 atom stereocenters. The van der Waals surface area contributed by atoms with Crippen LogP contribution in [0.5, 0.6) is 0 Å². The van der Waals surface area contributed by atoms with Crippen LogP contribution in [0.15, 0.2) is 41.3 Å². The zero-order chi connectivity index (χ0) is 25.8. The molecule has 13 heteroatoms. The molecule has 0 radical (unpaired) electrons. The maximum Gasteiger partial charge on any atom is 0.424 e. The zero-order valence-electron chi connectivity index (χ0n) is 18.7. The minimum absolute atomic E-state index is 0.0190. The number of quaternary nitrogens is 1. The summed E-state index contributed by atoms with van der Waals surface area (Å²) in [4.78, 5) is 17.3. The highest BCUT2D eigenvalue weighted by Gasteiger charge is 2.59. The van der Waals surface area contributed by atoms with E-state index in [0.717, 1.165) is 0 Å². The second-order valence-electron chi connectivity index (χ2n) is 9.09. The van der Waals surface area contributed by atoms with Crippen LogP contribution in [0.2, 0.25) is 0 Å². The predicted molar refractivity (Wildman–Crippen MR) is 114 cm³/mol. The SMILES string of the molecule is C=C(N)c1cc(NC(=O)C2=C(C(F)(F)F)C(C3CC3)=N[N+]2(C)CC2CCOC2C(F)(F)F)ccn1. The number of carbonyl (C=O) groups is 1. The lowest BCUT2D eigenvalue weighted by Crippen LogP contribution is -2.48. The van der Waals surface area contributed by atoms with E-state index in [1.54, 1.807) is 0 Å². The Hall–Kier alpha value is -2.93. The summed E-state index contributed by atoms with van der Waals surface area (Å²) in [7, 11) is 1.22. The topological polar surface area (TPSA) is 89.6 Å². The Labute approximate surface area is 196 Å². The molecule has 3 unspecified atom stereocenters. The molecule has 0 bridgehead atoms. The fraction of sp³-hybridized carbons (Fsp3) is 0.500. The molecular weight excluding hydrogens is 480 g/mol. The van der Waals surface area contributed by atoms with Crippen LogP contribution < -0.4 is 11.1 Å². The average molecular weight is 504 g/mol. The second-order valence-corrected chi connectivity index (χ2v) is 9.09. The van der Waals surface area contributed by atoms with Crippen LogP contribution in [0.3, 0.4) is 0 Å². The molecule has 1 aromatic heterocycles. The molecule has 3 aliphatic rings. The number of likely N-dealkylation sites (N-methyl/N-ethyl adjacent to an activating group) is 1. The van der Waals surface area contributed by atoms with E-state index in [0.29, 0.717) is 12.8 Å². The van der Waals surface area contributed by atoms with Gasteiger partial charge in [-0.2, -0.15) is 30.9 Å². The summed E-state index contributed by atoms with van der Waals surface area (Å²) in [6.45, 7) is 2.86. The zero-order valence-corrected chi connectivity index (χ0v) is 18.7. The Bertz CT molecular complexity index is 1110. The number of hydrogen-bond acceptors (Lipinski definition) is 5. The summed E-state index contributed by atoms with van der Waals surface area (Å²) in [5, 5.41) is 6.64. The first-order valence-corrected chi connectivity index (χ1v) is 10.9. The number of allylic oxidation sites excluding steroid dienone is 1. The van der Waals surface area contributed by atoms with Gasteiger partial charge in [-0.15, -0.1) is 0 Å². The van der Waals surface area contributed by atoms with Crippen LogP contribution in [-0.2, 0) is 9.53 Å². The lowest BCUT2D eigenvalue weighted by molar-refractivity contribution is -0.876. The first-order valence-electron chi connectivity index (χ1n) is 10.9. The quantitative estimate of drug-likeness (QED) is 0.454. The Kier molecular flexibility index (Phi) is 6.20. The highest BCUT2D eigenvalue weighted by atomic mass is 19.4. The molecule has 1 aromatic rings. The van der Waals surface area contributed by atoms with Crippen molar-refractivity contribution in [1.82, 2.24) is 4.98 Å². The number of rotatable bonds is 6. The van der Waals surface area contributed by atoms with Gasteiger partial charge in [0.25, 0.3) is 0 Å². The normalized spacial score (nSPS) is 27.2. The minimum atomic E-state index is -4.94. The summed E-state index contributed by atoms with van der Waals surface area (Å²) in [5.74, 6) is -2.80. The number of amides is 1. The molecule has 3 N–H and O–H groups in total. The molecule has 2 aliphatic heterocycles. The lowest BCUT2D eigenvalue weighted by Gasteiger charge is -2.31. The van der Waals surface area contributed by atoms with Gasteiger partial charge in [-0.25, -0.2) is 0 Å². The number of nitrogens with zero attached hydrogens (tertiary/aromatic N) is 3. The Morgan fingerprint density at radius 2 is 1.94 bits per heavy atom. The fourth-order valence-corrected chi connectivity index (χ4v) is 4.60. The minimum Gasteiger partial charge on any atom is -0.397 e. The largest absolute Gasteiger partial charge is 0.424 e. The summed E-state index contributed by atoms with van der Waals surface area (Å²) in [6.07, 6.45) is -9.59. The molecule has 0 aromatic carbocycles. The second kappa shape index (κ2) is 8.63. The molecule has 1 amide bonds. The van der Waals surface area contributed by atoms with Gasteiger partial charge in [0.1, 0.15) is 12.3 Å². The smallest absolute Gasteiger partial charge is 0.397 e. The summed E-state index contributed by atoms with van der Waals surface area (Å²) >= 11 is 0. The lowest BCUT2D eigenvalue weighted by atomic mass is 9.98. The molecule has 7 nitrogen and oxygen atoms in total. The number of nitrogens with two attached hydrogens (primary N) is 1. The maximum absolute atomic E-state index is 14.3. The van der Waals surface area contributed by atoms with Gasteiger partial charge in [0.05, 0.1) is 18.4 Å². The summed E-state index contributed by atoms with van der Waals surface area (Å²) in [6, 6.07) is 2.69. The number of aromatic nitrogens is 1. The molecule has 190 valence electrons. The number of anilines is 1. The van der Waals surface area contributed by atoms with Crippen molar-refractivity contribution in [1.29, 1.82) is 0 Å². The molecule has 35 heavy (non-hydrogen) atoms. The third-order valence-electron chi connectivity index (χ3n) is 6.24. The van der Waals surface area contributed by atoms with Crippen LogP contribution >= 0.6 is 0 Å². The van der Waals surface area contributed by atoms with E-state index in [1.165, 1.54) is 25.4 Å². The van der Waals surface area contributed by atoms with Crippen molar-refractivity contribution in [3.63, 3.8) is 0 Å². The van der Waals surface area contributed by atoms with Gasteiger partial charge in [0.15, 0.2) is 11.7 Å². The summed E-state index contributed by atoms with van der Waals surface area (Å²) < 4.78 is 87.1. The molecule has 0 spiro atoms. The van der Waals surface area contributed by atoms with E-state index in [4.69, 9.17) is 10.5 Å². The summed E-state index contributed by atoms with van der Waals surface area (Å²) in [5.41, 5.74) is 3.75. The molecule has 1 saturated heterocycles. The van der Waals surface area contributed by atoms with Gasteiger partial charge >= 0.3 is 18.3 Å². The van der Waals surface area contributed by atoms with Crippen molar-refractivity contribution in [3.05, 3.63) is 41.9 Å². The van der Waals surface area contributed by atoms with Crippen LogP contribution in [0, 0.1) is 11.8 Å². The van der Waals surface area contributed by atoms with Gasteiger partial charge in [-0.3, -0.25) is 9.78 Å². The fourth-order valence-electron chi connectivity index (χ4n) is 4.60. The number of carbonyl (C=O) groups excluding carboxylic acids is 1. The number of halogens is 6. The van der Waals surface area contributed by atoms with E-state index >= 15 is 0 Å². The molecule has 1 saturated carbocycles. The molecule has 2 fully saturated rings. The Morgan fingerprint density at radius 3 is 2.51 bits per heavy atom. The average Bonchev–Trinajstić information content (AvgIpc) is 3.38. The van der Waals surface area contributed by atoms with Gasteiger partial charge in [-0.1, -0.05) is 11.7 Å². The van der Waals surface area contributed by atoms with Crippen molar-refractivity contribution in [2.24, 2.45) is 22.7 Å². The third-order valence-corrected chi connectivity index (χ3v) is 6.24. The highest BCUT2D eigenvalue weighted by molar-refractivity contribution is 6.14. The maximum atomic E-state index is 14.3. The first-order chi connectivity index (χ1) is 16.2. The van der Waals surface area contributed by atoms with E-state index in [9.17, 15) is 31.1 Å². The van der Waals surface area contributed by atoms with E-state index in [2.05, 4.69) is 22.0 Å². The number of hydrogen-bond donors (Lipinski definition) is 2. The van der Waals surface area contributed by atoms with Crippen LogP contribution in [-0.4, -0.2) is 59.9 Å². The number of nitrogens with one attached hydrogen (secondary N) is 1. The van der Waals surface area contributed by atoms with E-state index < -0.39 is 58.6 Å². The molecular formula is C22H24F6N5O2+. The molecule has 4 rings (SSSR count). The molecule has 3 heterocycles. The van der Waals surface area contributed by atoms with Gasteiger partial charge in [0, 0.05) is 30.3 Å². The first kappa shape index (κ1) is 25.2. The third kappa shape index (κ3) is 5.06. The van der Waals surface area contributed by atoms with Crippen molar-refractivity contribution in [2.75, 3.05) is 25.5 Å². The van der Waals surface area contributed by atoms with Crippen molar-refractivity contribution in [3.8, 4) is 0 Å². The van der Waals surface area contributed by atoms with Crippen LogP contribution in [0.1, 0.15) is 25.0 Å². The number of pyridine rings is 1. The Balaban J connectivity index is 1.75. The van der Waals surface area contributed by atoms with Crippen molar-refractivity contribution < 1.29 is 40.5 Å². The van der Waals surface area contributed by atoms with Gasteiger partial charge < -0.3 is 15.8 Å². The van der Waals surface area contributed by atoms with E-state index in [1.807, 2.05) is 0 Å². The Morgan fingerprint density at radius 1 is 1.26 bits per heavy atom. The van der Waals surface area contributed by atoms with Crippen molar-refractivity contribution >= 4 is 23.0 Å². The number of ether oxygens (including phenoxy) is 1. The van der Waals surface area contributed by atoms with Crippen LogP contribution in [0.25, 0.3) is 5.70 Å².